The number of rotatable bonds is 12. The number of likely N-dealkylation sites (N-methyl/N-ethyl adjacent to an activating group) is 1. The molecular formula is C14H28N2O5. The van der Waals surface area contributed by atoms with Crippen LogP contribution in [0.4, 0.5) is 0 Å². The second kappa shape index (κ2) is 10.5. The Morgan fingerprint density at radius 3 is 2.48 bits per heavy atom. The van der Waals surface area contributed by atoms with E-state index in [4.69, 9.17) is 14.6 Å². The first-order valence-corrected chi connectivity index (χ1v) is 7.12. The molecule has 0 spiro atoms. The highest BCUT2D eigenvalue weighted by atomic mass is 16.5. The van der Waals surface area contributed by atoms with Crippen LogP contribution in [0.5, 0.6) is 0 Å². The number of aliphatic carboxylic acids is 1. The van der Waals surface area contributed by atoms with Gasteiger partial charge in [-0.1, -0.05) is 0 Å². The van der Waals surface area contributed by atoms with Crippen LogP contribution in [-0.2, 0) is 19.1 Å². The van der Waals surface area contributed by atoms with Gasteiger partial charge in [-0.25, -0.2) is 0 Å². The first-order valence-electron chi connectivity index (χ1n) is 7.12. The fraction of sp³-hybridized carbons (Fsp3) is 0.857. The molecule has 0 aliphatic heterocycles. The van der Waals surface area contributed by atoms with Gasteiger partial charge in [-0.05, 0) is 33.7 Å². The third-order valence-corrected chi connectivity index (χ3v) is 3.13. The third kappa shape index (κ3) is 10.2. The molecule has 1 atom stereocenters. The number of carbonyl (C=O) groups excluding carboxylic acids is 1. The van der Waals surface area contributed by atoms with Gasteiger partial charge < -0.3 is 25.2 Å². The Hall–Kier alpha value is -1.18. The molecule has 7 heteroatoms. The predicted octanol–water partition coefficient (Wildman–Crippen LogP) is 0.387. The van der Waals surface area contributed by atoms with E-state index in [1.54, 1.807) is 14.2 Å². The monoisotopic (exact) mass is 304 g/mol. The van der Waals surface area contributed by atoms with E-state index in [2.05, 4.69) is 10.6 Å². The molecule has 0 rings (SSSR count). The van der Waals surface area contributed by atoms with Gasteiger partial charge in [0.15, 0.2) is 0 Å². The number of nitrogens with one attached hydrogen (secondary N) is 2. The zero-order chi connectivity index (χ0) is 16.3. The Bertz CT molecular complexity index is 320. The summed E-state index contributed by atoms with van der Waals surface area (Å²) >= 11 is 0. The van der Waals surface area contributed by atoms with Crippen LogP contribution in [-0.4, -0.2) is 62.5 Å². The number of hydrogen-bond donors (Lipinski definition) is 3. The quantitative estimate of drug-likeness (QED) is 0.451. The van der Waals surface area contributed by atoms with Gasteiger partial charge >= 0.3 is 5.97 Å². The second-order valence-electron chi connectivity index (χ2n) is 5.42. The maximum atomic E-state index is 11.6. The van der Waals surface area contributed by atoms with Gasteiger partial charge in [-0.15, -0.1) is 0 Å². The van der Waals surface area contributed by atoms with Crippen molar-refractivity contribution in [3.63, 3.8) is 0 Å². The normalized spacial score (nSPS) is 13.0. The fourth-order valence-electron chi connectivity index (χ4n) is 1.69. The molecule has 0 aromatic carbocycles. The summed E-state index contributed by atoms with van der Waals surface area (Å²) in [5.41, 5.74) is -0.290. The number of methoxy groups -OCH3 is 1. The van der Waals surface area contributed by atoms with Crippen molar-refractivity contribution in [2.45, 2.75) is 44.8 Å². The smallest absolute Gasteiger partial charge is 0.320 e. The molecule has 3 N–H and O–H groups in total. The highest BCUT2D eigenvalue weighted by Crippen LogP contribution is 2.13. The van der Waals surface area contributed by atoms with E-state index in [1.807, 2.05) is 13.8 Å². The van der Waals surface area contributed by atoms with Crippen LogP contribution in [0.2, 0.25) is 0 Å². The summed E-state index contributed by atoms with van der Waals surface area (Å²) in [6.45, 7) is 5.39. The Kier molecular flexibility index (Phi) is 9.94. The lowest BCUT2D eigenvalue weighted by Gasteiger charge is -2.25. The highest BCUT2D eigenvalue weighted by Gasteiger charge is 2.18. The molecule has 21 heavy (non-hydrogen) atoms. The first-order chi connectivity index (χ1) is 9.82. The summed E-state index contributed by atoms with van der Waals surface area (Å²) in [5.74, 6) is -1.12. The molecule has 0 heterocycles. The summed E-state index contributed by atoms with van der Waals surface area (Å²) in [7, 11) is 3.21. The number of carboxylic acids is 1. The lowest BCUT2D eigenvalue weighted by atomic mass is 10.1. The topological polar surface area (TPSA) is 96.9 Å². The van der Waals surface area contributed by atoms with Gasteiger partial charge in [-0.3, -0.25) is 9.59 Å². The maximum Gasteiger partial charge on any atom is 0.320 e. The molecule has 7 nitrogen and oxygen atoms in total. The van der Waals surface area contributed by atoms with E-state index >= 15 is 0 Å². The molecule has 0 fully saturated rings. The lowest BCUT2D eigenvalue weighted by Crippen LogP contribution is -2.36. The summed E-state index contributed by atoms with van der Waals surface area (Å²) in [4.78, 5) is 22.4. The number of ether oxygens (including phenoxy) is 2. The van der Waals surface area contributed by atoms with Crippen molar-refractivity contribution in [2.75, 3.05) is 33.9 Å². The summed E-state index contributed by atoms with van der Waals surface area (Å²) < 4.78 is 10.7. The average molecular weight is 304 g/mol. The van der Waals surface area contributed by atoms with E-state index in [1.165, 1.54) is 0 Å². The SMILES string of the molecule is CNC(CCC(=O)NCCOC(C)(C)CCOC)C(=O)O. The van der Waals surface area contributed by atoms with Crippen LogP contribution in [0.1, 0.15) is 33.1 Å². The standard InChI is InChI=1S/C14H28N2O5/c1-14(2,7-9-20-4)21-10-8-16-12(17)6-5-11(15-3)13(18)19/h11,15H,5-10H2,1-4H3,(H,16,17)(H,18,19). The highest BCUT2D eigenvalue weighted by molar-refractivity contribution is 5.78. The maximum absolute atomic E-state index is 11.6. The molecule has 0 aliphatic rings. The van der Waals surface area contributed by atoms with Crippen molar-refractivity contribution in [3.05, 3.63) is 0 Å². The molecule has 0 aromatic heterocycles. The number of amides is 1. The van der Waals surface area contributed by atoms with Crippen LogP contribution in [0.3, 0.4) is 0 Å². The van der Waals surface area contributed by atoms with Gasteiger partial charge in [0, 0.05) is 26.7 Å². The largest absolute Gasteiger partial charge is 0.480 e. The Morgan fingerprint density at radius 1 is 1.29 bits per heavy atom. The van der Waals surface area contributed by atoms with E-state index in [0.29, 0.717) is 19.8 Å². The summed E-state index contributed by atoms with van der Waals surface area (Å²) in [6, 6.07) is -0.694. The zero-order valence-electron chi connectivity index (χ0n) is 13.4. The fourth-order valence-corrected chi connectivity index (χ4v) is 1.69. The van der Waals surface area contributed by atoms with Crippen LogP contribution >= 0.6 is 0 Å². The molecule has 1 unspecified atom stereocenters. The molecule has 0 aliphatic carbocycles. The number of carbonyl (C=O) groups is 2. The zero-order valence-corrected chi connectivity index (χ0v) is 13.4. The van der Waals surface area contributed by atoms with Gasteiger partial charge in [0.05, 0.1) is 12.2 Å². The van der Waals surface area contributed by atoms with E-state index in [9.17, 15) is 9.59 Å². The van der Waals surface area contributed by atoms with E-state index in [-0.39, 0.29) is 24.3 Å². The average Bonchev–Trinajstić information content (AvgIpc) is 2.42. The predicted molar refractivity (Wildman–Crippen MR) is 79.3 cm³/mol. The third-order valence-electron chi connectivity index (χ3n) is 3.13. The molecule has 0 saturated heterocycles. The second-order valence-corrected chi connectivity index (χ2v) is 5.42. The molecule has 0 saturated carbocycles. The van der Waals surface area contributed by atoms with E-state index in [0.717, 1.165) is 6.42 Å². The van der Waals surface area contributed by atoms with Crippen molar-refractivity contribution in [1.82, 2.24) is 10.6 Å². The summed E-state index contributed by atoms with van der Waals surface area (Å²) in [5, 5.41) is 14.2. The van der Waals surface area contributed by atoms with Crippen LogP contribution < -0.4 is 10.6 Å². The minimum atomic E-state index is -0.950. The molecule has 1 amide bonds. The lowest BCUT2D eigenvalue weighted by molar-refractivity contribution is -0.139. The minimum Gasteiger partial charge on any atom is -0.480 e. The minimum absolute atomic E-state index is 0.171. The Balaban J connectivity index is 3.77. The number of hydrogen-bond acceptors (Lipinski definition) is 5. The Labute approximate surface area is 126 Å². The van der Waals surface area contributed by atoms with E-state index < -0.39 is 12.0 Å². The van der Waals surface area contributed by atoms with Gasteiger partial charge in [-0.2, -0.15) is 0 Å². The van der Waals surface area contributed by atoms with Crippen LogP contribution in [0.25, 0.3) is 0 Å². The van der Waals surface area contributed by atoms with Crippen molar-refractivity contribution in [2.24, 2.45) is 0 Å². The van der Waals surface area contributed by atoms with Gasteiger partial charge in [0.1, 0.15) is 6.04 Å². The van der Waals surface area contributed by atoms with Gasteiger partial charge in [0.2, 0.25) is 5.91 Å². The molecular weight excluding hydrogens is 276 g/mol. The Morgan fingerprint density at radius 2 is 1.95 bits per heavy atom. The molecule has 0 radical (unpaired) electrons. The molecule has 0 bridgehead atoms. The van der Waals surface area contributed by atoms with Crippen molar-refractivity contribution >= 4 is 11.9 Å². The number of carboxylic acid groups (broad SMARTS) is 1. The molecule has 0 aromatic rings. The summed E-state index contributed by atoms with van der Waals surface area (Å²) in [6.07, 6.45) is 1.21. The van der Waals surface area contributed by atoms with Crippen molar-refractivity contribution in [1.29, 1.82) is 0 Å². The van der Waals surface area contributed by atoms with Gasteiger partial charge in [0.25, 0.3) is 0 Å². The van der Waals surface area contributed by atoms with Crippen LogP contribution in [0.15, 0.2) is 0 Å². The van der Waals surface area contributed by atoms with Crippen molar-refractivity contribution in [3.8, 4) is 0 Å². The van der Waals surface area contributed by atoms with Crippen LogP contribution in [0, 0.1) is 0 Å². The van der Waals surface area contributed by atoms with Crippen molar-refractivity contribution < 1.29 is 24.2 Å². The molecule has 124 valence electrons. The first kappa shape index (κ1) is 19.8.